The minimum Gasteiger partial charge on any atom is -0.494 e. The molecule has 0 radical (unpaired) electrons. The van der Waals surface area contributed by atoms with Gasteiger partial charge in [0.1, 0.15) is 23.3 Å². The monoisotopic (exact) mass is 548 g/mol. The number of pyridine rings is 1. The van der Waals surface area contributed by atoms with Crippen LogP contribution < -0.4 is 5.56 Å². The molecule has 7 nitrogen and oxygen atoms in total. The maximum absolute atomic E-state index is 14.4. The van der Waals surface area contributed by atoms with Gasteiger partial charge in [-0.1, -0.05) is 31.9 Å². The molecule has 2 aromatic heterocycles. The number of benzene rings is 1. The highest BCUT2D eigenvalue weighted by Crippen LogP contribution is 2.33. The lowest BCUT2D eigenvalue weighted by molar-refractivity contribution is 0.0783. The summed E-state index contributed by atoms with van der Waals surface area (Å²) < 4.78 is 43.9. The van der Waals surface area contributed by atoms with E-state index in [0.29, 0.717) is 25.7 Å². The zero-order chi connectivity index (χ0) is 27.6. The van der Waals surface area contributed by atoms with Crippen LogP contribution in [0.1, 0.15) is 78.9 Å². The molecular weight excluding hydrogens is 521 g/mol. The Kier molecular flexibility index (Phi) is 8.40. The number of hydrogen-bond donors (Lipinski definition) is 1. The first-order valence-electron chi connectivity index (χ1n) is 12.5. The van der Waals surface area contributed by atoms with Gasteiger partial charge in [-0.25, -0.2) is 13.2 Å². The fourth-order valence-electron chi connectivity index (χ4n) is 4.98. The van der Waals surface area contributed by atoms with E-state index in [4.69, 9.17) is 11.6 Å². The molecular formula is C27H28ClF3N4O3. The van der Waals surface area contributed by atoms with E-state index in [9.17, 15) is 27.9 Å². The van der Waals surface area contributed by atoms with Gasteiger partial charge in [0.25, 0.3) is 11.5 Å². The second-order valence-corrected chi connectivity index (χ2v) is 9.83. The number of likely N-dealkylation sites (tertiary alicyclic amines) is 1. The molecule has 1 aromatic carbocycles. The van der Waals surface area contributed by atoms with Crippen molar-refractivity contribution in [1.82, 2.24) is 19.4 Å². The second kappa shape index (κ2) is 11.6. The molecule has 1 N–H and O–H groups in total. The van der Waals surface area contributed by atoms with Gasteiger partial charge in [-0.05, 0) is 43.0 Å². The van der Waals surface area contributed by atoms with Crippen molar-refractivity contribution in [2.45, 2.75) is 57.9 Å². The van der Waals surface area contributed by atoms with Crippen LogP contribution in [0.25, 0.3) is 0 Å². The van der Waals surface area contributed by atoms with Gasteiger partial charge >= 0.3 is 0 Å². The molecule has 0 bridgehead atoms. The van der Waals surface area contributed by atoms with Gasteiger partial charge in [-0.2, -0.15) is 4.98 Å². The van der Waals surface area contributed by atoms with E-state index in [1.54, 1.807) is 6.92 Å². The Balaban J connectivity index is 1.74. The average molecular weight is 549 g/mol. The maximum atomic E-state index is 14.4. The highest BCUT2D eigenvalue weighted by Gasteiger charge is 2.35. The molecule has 202 valence electrons. The van der Waals surface area contributed by atoms with Crippen LogP contribution in [0.3, 0.4) is 0 Å². The number of aromatic nitrogens is 3. The van der Waals surface area contributed by atoms with Gasteiger partial charge in [0.15, 0.2) is 5.56 Å². The topological polar surface area (TPSA) is 88.3 Å². The van der Waals surface area contributed by atoms with E-state index in [-0.39, 0.29) is 35.2 Å². The zero-order valence-electron chi connectivity index (χ0n) is 21.1. The van der Waals surface area contributed by atoms with Crippen LogP contribution >= 0.6 is 11.6 Å². The van der Waals surface area contributed by atoms with Crippen molar-refractivity contribution in [2.24, 2.45) is 0 Å². The Bertz CT molecular complexity index is 1390. The lowest BCUT2D eigenvalue weighted by Gasteiger charge is -2.26. The Hall–Kier alpha value is -3.40. The van der Waals surface area contributed by atoms with Crippen molar-refractivity contribution >= 4 is 17.5 Å². The van der Waals surface area contributed by atoms with Crippen LogP contribution in [0.4, 0.5) is 13.2 Å². The second-order valence-electron chi connectivity index (χ2n) is 9.39. The summed E-state index contributed by atoms with van der Waals surface area (Å²) >= 11 is 5.80. The standard InChI is InChI=1S/C27H28ClF3N4O3/c1-3-5-6-22-33-25(36)23(27(38)35(22)21(4-2)16-9-18(29)12-19(30)10-16)26(37)34-8-7-15(14-34)24-20(31)11-17(28)13-32-24/h9-13,15,21,38H,3-8,14H2,1-2H3/t15?,21-/m1/s1. The Morgan fingerprint density at radius 3 is 2.53 bits per heavy atom. The third-order valence-corrected chi connectivity index (χ3v) is 7.02. The van der Waals surface area contributed by atoms with Crippen molar-refractivity contribution in [2.75, 3.05) is 13.1 Å². The Morgan fingerprint density at radius 1 is 1.18 bits per heavy atom. The molecule has 4 rings (SSSR count). The lowest BCUT2D eigenvalue weighted by Crippen LogP contribution is -2.35. The number of unbranched alkanes of at least 4 members (excludes halogenated alkanes) is 1. The van der Waals surface area contributed by atoms with Crippen molar-refractivity contribution < 1.29 is 23.1 Å². The molecule has 3 aromatic rings. The fourth-order valence-corrected chi connectivity index (χ4v) is 5.12. The number of aryl methyl sites for hydroxylation is 1. The van der Waals surface area contributed by atoms with Crippen molar-refractivity contribution in [3.63, 3.8) is 0 Å². The van der Waals surface area contributed by atoms with Gasteiger partial charge in [-0.3, -0.25) is 19.1 Å². The quantitative estimate of drug-likeness (QED) is 0.408. The summed E-state index contributed by atoms with van der Waals surface area (Å²) in [6.07, 6.45) is 3.74. The molecule has 1 aliphatic rings. The highest BCUT2D eigenvalue weighted by molar-refractivity contribution is 6.30. The van der Waals surface area contributed by atoms with E-state index in [2.05, 4.69) is 9.97 Å². The predicted octanol–water partition coefficient (Wildman–Crippen LogP) is 5.39. The number of amides is 1. The Labute approximate surface area is 222 Å². The van der Waals surface area contributed by atoms with E-state index < -0.39 is 52.3 Å². The number of hydrogen-bond acceptors (Lipinski definition) is 5. The van der Waals surface area contributed by atoms with Gasteiger partial charge in [0, 0.05) is 37.7 Å². The van der Waals surface area contributed by atoms with Crippen molar-refractivity contribution in [3.05, 3.63) is 85.9 Å². The summed E-state index contributed by atoms with van der Waals surface area (Å²) in [6, 6.07) is 3.41. The summed E-state index contributed by atoms with van der Waals surface area (Å²) in [7, 11) is 0. The molecule has 3 heterocycles. The number of rotatable bonds is 8. The van der Waals surface area contributed by atoms with Crippen LogP contribution in [0.2, 0.25) is 5.02 Å². The number of aromatic hydroxyl groups is 1. The molecule has 1 unspecified atom stereocenters. The van der Waals surface area contributed by atoms with Gasteiger partial charge in [-0.15, -0.1) is 0 Å². The highest BCUT2D eigenvalue weighted by atomic mass is 35.5. The first-order valence-corrected chi connectivity index (χ1v) is 12.9. The minimum atomic E-state index is -0.894. The number of carbonyl (C=O) groups excluding carboxylic acids is 1. The molecule has 0 spiro atoms. The molecule has 0 aliphatic carbocycles. The van der Waals surface area contributed by atoms with Crippen LogP contribution in [0.15, 0.2) is 35.3 Å². The SMILES string of the molecule is CCCCc1nc(=O)c(C(=O)N2CCC(c3ncc(Cl)cc3F)C2)c(O)n1[C@H](CC)c1cc(F)cc(F)c1. The Morgan fingerprint density at radius 2 is 1.89 bits per heavy atom. The first-order chi connectivity index (χ1) is 18.1. The number of halogens is 4. The van der Waals surface area contributed by atoms with Gasteiger partial charge in [0.2, 0.25) is 5.88 Å². The van der Waals surface area contributed by atoms with Crippen LogP contribution in [-0.2, 0) is 6.42 Å². The lowest BCUT2D eigenvalue weighted by atomic mass is 10.0. The molecule has 1 fully saturated rings. The van der Waals surface area contributed by atoms with Crippen LogP contribution in [0.5, 0.6) is 5.88 Å². The maximum Gasteiger partial charge on any atom is 0.289 e. The summed E-state index contributed by atoms with van der Waals surface area (Å²) in [5.41, 5.74) is -1.04. The smallest absolute Gasteiger partial charge is 0.289 e. The fraction of sp³-hybridized carbons (Fsp3) is 0.407. The molecule has 0 saturated carbocycles. The molecule has 1 amide bonds. The third kappa shape index (κ3) is 5.55. The molecule has 38 heavy (non-hydrogen) atoms. The summed E-state index contributed by atoms with van der Waals surface area (Å²) in [5, 5.41) is 11.5. The molecule has 1 aliphatic heterocycles. The van der Waals surface area contributed by atoms with Crippen LogP contribution in [0, 0.1) is 17.5 Å². The van der Waals surface area contributed by atoms with E-state index in [1.807, 2.05) is 6.92 Å². The van der Waals surface area contributed by atoms with E-state index in [1.165, 1.54) is 15.7 Å². The van der Waals surface area contributed by atoms with Gasteiger partial charge < -0.3 is 10.0 Å². The third-order valence-electron chi connectivity index (χ3n) is 6.81. The van der Waals surface area contributed by atoms with Crippen molar-refractivity contribution in [1.29, 1.82) is 0 Å². The summed E-state index contributed by atoms with van der Waals surface area (Å²) in [5.74, 6) is -3.74. The summed E-state index contributed by atoms with van der Waals surface area (Å²) in [6.45, 7) is 3.99. The van der Waals surface area contributed by atoms with E-state index in [0.717, 1.165) is 30.7 Å². The normalized spacial score (nSPS) is 16.2. The average Bonchev–Trinajstić information content (AvgIpc) is 3.34. The molecule has 11 heteroatoms. The minimum absolute atomic E-state index is 0.0766. The van der Waals surface area contributed by atoms with E-state index >= 15 is 0 Å². The summed E-state index contributed by atoms with van der Waals surface area (Å²) in [4.78, 5) is 36.1. The largest absolute Gasteiger partial charge is 0.494 e. The predicted molar refractivity (Wildman–Crippen MR) is 136 cm³/mol. The number of carbonyl (C=O) groups is 1. The van der Waals surface area contributed by atoms with Crippen LogP contribution in [-0.4, -0.2) is 43.5 Å². The molecule has 1 saturated heterocycles. The number of nitrogens with zero attached hydrogens (tertiary/aromatic N) is 4. The molecule has 2 atom stereocenters. The first kappa shape index (κ1) is 27.6. The van der Waals surface area contributed by atoms with Crippen molar-refractivity contribution in [3.8, 4) is 5.88 Å². The van der Waals surface area contributed by atoms with Gasteiger partial charge in [0.05, 0.1) is 16.8 Å². The zero-order valence-corrected chi connectivity index (χ0v) is 21.8.